The molecule has 0 aliphatic carbocycles. The third-order valence-corrected chi connectivity index (χ3v) is 2.82. The minimum atomic E-state index is -0.0882. The molecule has 100 valence electrons. The zero-order valence-corrected chi connectivity index (χ0v) is 10.8. The molecule has 1 aliphatic heterocycles. The molecule has 0 saturated carbocycles. The first-order chi connectivity index (χ1) is 8.15. The number of carbonyl (C=O) groups is 1. The lowest BCUT2D eigenvalue weighted by atomic mass is 10.2. The van der Waals surface area contributed by atoms with E-state index in [4.69, 9.17) is 9.84 Å². The van der Waals surface area contributed by atoms with Gasteiger partial charge in [-0.3, -0.25) is 0 Å². The third kappa shape index (κ3) is 4.91. The summed E-state index contributed by atoms with van der Waals surface area (Å²) < 4.78 is 5.38. The van der Waals surface area contributed by atoms with Crippen LogP contribution in [-0.4, -0.2) is 55.0 Å². The van der Waals surface area contributed by atoms with E-state index < -0.39 is 0 Å². The Morgan fingerprint density at radius 2 is 2.35 bits per heavy atom. The molecule has 0 bridgehead atoms. The van der Waals surface area contributed by atoms with Gasteiger partial charge in [0.1, 0.15) is 0 Å². The highest BCUT2D eigenvalue weighted by Crippen LogP contribution is 2.16. The highest BCUT2D eigenvalue weighted by atomic mass is 16.5. The first-order valence-electron chi connectivity index (χ1n) is 6.38. The summed E-state index contributed by atoms with van der Waals surface area (Å²) in [6, 6.07) is -0.0960. The van der Waals surface area contributed by atoms with Crippen molar-refractivity contribution in [1.82, 2.24) is 10.2 Å². The number of amides is 2. The fourth-order valence-electron chi connectivity index (χ4n) is 1.94. The van der Waals surface area contributed by atoms with E-state index in [0.717, 1.165) is 26.0 Å². The van der Waals surface area contributed by atoms with E-state index >= 15 is 0 Å². The number of ether oxygens (including phenoxy) is 1. The Hall–Kier alpha value is -0.810. The molecule has 0 aromatic carbocycles. The first-order valence-corrected chi connectivity index (χ1v) is 6.38. The third-order valence-electron chi connectivity index (χ3n) is 2.82. The lowest BCUT2D eigenvalue weighted by molar-refractivity contribution is 0.109. The van der Waals surface area contributed by atoms with Crippen molar-refractivity contribution in [3.63, 3.8) is 0 Å². The molecule has 0 aromatic heterocycles. The SMILES string of the molecule is CC(C)COCCNC(=O)N1CCCC1CO. The molecule has 2 N–H and O–H groups in total. The van der Waals surface area contributed by atoms with Crippen LogP contribution in [0.5, 0.6) is 0 Å². The highest BCUT2D eigenvalue weighted by Gasteiger charge is 2.27. The minimum absolute atomic E-state index is 0.00779. The molecule has 17 heavy (non-hydrogen) atoms. The van der Waals surface area contributed by atoms with Crippen molar-refractivity contribution in [3.8, 4) is 0 Å². The van der Waals surface area contributed by atoms with Crippen LogP contribution in [0.15, 0.2) is 0 Å². The molecule has 1 saturated heterocycles. The van der Waals surface area contributed by atoms with Crippen LogP contribution >= 0.6 is 0 Å². The topological polar surface area (TPSA) is 61.8 Å². The number of nitrogens with zero attached hydrogens (tertiary/aromatic N) is 1. The van der Waals surface area contributed by atoms with E-state index in [-0.39, 0.29) is 18.7 Å². The van der Waals surface area contributed by atoms with Crippen molar-refractivity contribution in [2.45, 2.75) is 32.7 Å². The molecule has 0 aromatic rings. The summed E-state index contributed by atoms with van der Waals surface area (Å²) in [5.74, 6) is 0.517. The fraction of sp³-hybridized carbons (Fsp3) is 0.917. The predicted octanol–water partition coefficient (Wildman–Crippen LogP) is 0.825. The summed E-state index contributed by atoms with van der Waals surface area (Å²) in [4.78, 5) is 13.5. The Balaban J connectivity index is 2.12. The van der Waals surface area contributed by atoms with Crippen molar-refractivity contribution in [2.24, 2.45) is 5.92 Å². The quantitative estimate of drug-likeness (QED) is 0.680. The molecule has 0 spiro atoms. The van der Waals surface area contributed by atoms with Crippen LogP contribution in [0.2, 0.25) is 0 Å². The molecule has 5 heteroatoms. The van der Waals surface area contributed by atoms with Crippen LogP contribution in [-0.2, 0) is 4.74 Å². The van der Waals surface area contributed by atoms with Crippen molar-refractivity contribution in [3.05, 3.63) is 0 Å². The number of aliphatic hydroxyl groups excluding tert-OH is 1. The Labute approximate surface area is 103 Å². The molecular formula is C12H24N2O3. The molecule has 5 nitrogen and oxygen atoms in total. The first kappa shape index (κ1) is 14.3. The van der Waals surface area contributed by atoms with Gasteiger partial charge in [-0.25, -0.2) is 4.79 Å². The Kier molecular flexibility index (Phi) is 6.29. The van der Waals surface area contributed by atoms with Gasteiger partial charge in [0.15, 0.2) is 0 Å². The molecule has 2 amide bonds. The maximum Gasteiger partial charge on any atom is 0.317 e. The average molecular weight is 244 g/mol. The molecule has 1 unspecified atom stereocenters. The normalized spacial score (nSPS) is 20.0. The van der Waals surface area contributed by atoms with Crippen LogP contribution in [0, 0.1) is 5.92 Å². The summed E-state index contributed by atoms with van der Waals surface area (Å²) in [5, 5.41) is 11.9. The lowest BCUT2D eigenvalue weighted by Crippen LogP contribution is -2.45. The smallest absolute Gasteiger partial charge is 0.317 e. The highest BCUT2D eigenvalue weighted by molar-refractivity contribution is 5.74. The molecule has 1 fully saturated rings. The van der Waals surface area contributed by atoms with Crippen LogP contribution in [0.3, 0.4) is 0 Å². The van der Waals surface area contributed by atoms with Crippen molar-refractivity contribution in [2.75, 3.05) is 32.9 Å². The number of hydrogen-bond donors (Lipinski definition) is 2. The van der Waals surface area contributed by atoms with Crippen LogP contribution in [0.4, 0.5) is 4.79 Å². The second-order valence-electron chi connectivity index (χ2n) is 4.87. The van der Waals surface area contributed by atoms with E-state index in [0.29, 0.717) is 19.1 Å². The second-order valence-corrected chi connectivity index (χ2v) is 4.87. The van der Waals surface area contributed by atoms with E-state index in [1.54, 1.807) is 4.90 Å². The number of nitrogens with one attached hydrogen (secondary N) is 1. The summed E-state index contributed by atoms with van der Waals surface area (Å²) in [5.41, 5.74) is 0. The molecule has 1 rings (SSSR count). The van der Waals surface area contributed by atoms with Gasteiger partial charge in [-0.15, -0.1) is 0 Å². The summed E-state index contributed by atoms with van der Waals surface area (Å²) >= 11 is 0. The molecule has 1 aliphatic rings. The summed E-state index contributed by atoms with van der Waals surface area (Å²) in [7, 11) is 0. The number of carbonyl (C=O) groups excluding carboxylic acids is 1. The zero-order valence-electron chi connectivity index (χ0n) is 10.8. The fourth-order valence-corrected chi connectivity index (χ4v) is 1.94. The Bertz CT molecular complexity index is 234. The van der Waals surface area contributed by atoms with E-state index in [2.05, 4.69) is 19.2 Å². The predicted molar refractivity (Wildman–Crippen MR) is 65.9 cm³/mol. The Morgan fingerprint density at radius 3 is 3.00 bits per heavy atom. The zero-order chi connectivity index (χ0) is 12.7. The number of likely N-dealkylation sites (tertiary alicyclic amines) is 1. The van der Waals surface area contributed by atoms with E-state index in [1.807, 2.05) is 0 Å². The average Bonchev–Trinajstić information content (AvgIpc) is 2.75. The van der Waals surface area contributed by atoms with Crippen LogP contribution in [0.25, 0.3) is 0 Å². The number of urea groups is 1. The van der Waals surface area contributed by atoms with Gasteiger partial charge in [0.05, 0.1) is 19.3 Å². The van der Waals surface area contributed by atoms with Crippen LogP contribution in [0.1, 0.15) is 26.7 Å². The van der Waals surface area contributed by atoms with Gasteiger partial charge in [-0.05, 0) is 18.8 Å². The largest absolute Gasteiger partial charge is 0.394 e. The monoisotopic (exact) mass is 244 g/mol. The molecule has 1 atom stereocenters. The van der Waals surface area contributed by atoms with E-state index in [9.17, 15) is 4.79 Å². The van der Waals surface area contributed by atoms with Crippen molar-refractivity contribution < 1.29 is 14.6 Å². The minimum Gasteiger partial charge on any atom is -0.394 e. The van der Waals surface area contributed by atoms with Crippen molar-refractivity contribution in [1.29, 1.82) is 0 Å². The van der Waals surface area contributed by atoms with Gasteiger partial charge in [0.25, 0.3) is 0 Å². The Morgan fingerprint density at radius 1 is 1.59 bits per heavy atom. The lowest BCUT2D eigenvalue weighted by Gasteiger charge is -2.23. The second kappa shape index (κ2) is 7.50. The van der Waals surface area contributed by atoms with Crippen LogP contribution < -0.4 is 5.32 Å². The maximum atomic E-state index is 11.8. The number of rotatable bonds is 6. The molecule has 1 heterocycles. The summed E-state index contributed by atoms with van der Waals surface area (Å²) in [6.45, 7) is 6.77. The molecule has 0 radical (unpaired) electrons. The van der Waals surface area contributed by atoms with Gasteiger partial charge in [0, 0.05) is 19.7 Å². The van der Waals surface area contributed by atoms with Crippen molar-refractivity contribution >= 4 is 6.03 Å². The van der Waals surface area contributed by atoms with Gasteiger partial charge < -0.3 is 20.1 Å². The number of hydrogen-bond acceptors (Lipinski definition) is 3. The molecular weight excluding hydrogens is 220 g/mol. The van der Waals surface area contributed by atoms with Gasteiger partial charge in [-0.2, -0.15) is 0 Å². The maximum absolute atomic E-state index is 11.8. The van der Waals surface area contributed by atoms with Gasteiger partial charge in [-0.1, -0.05) is 13.8 Å². The van der Waals surface area contributed by atoms with Gasteiger partial charge >= 0.3 is 6.03 Å². The number of aliphatic hydroxyl groups is 1. The summed E-state index contributed by atoms with van der Waals surface area (Å²) in [6.07, 6.45) is 1.87. The van der Waals surface area contributed by atoms with E-state index in [1.165, 1.54) is 0 Å². The van der Waals surface area contributed by atoms with Gasteiger partial charge in [0.2, 0.25) is 0 Å². The standard InChI is InChI=1S/C12H24N2O3/c1-10(2)9-17-7-5-13-12(16)14-6-3-4-11(14)8-15/h10-11,15H,3-9H2,1-2H3,(H,13,16).